The Morgan fingerprint density at radius 2 is 2.10 bits per heavy atom. The van der Waals surface area contributed by atoms with Crippen molar-refractivity contribution in [3.05, 3.63) is 24.3 Å². The molecule has 31 heavy (non-hydrogen) atoms. The van der Waals surface area contributed by atoms with Gasteiger partial charge in [0.05, 0.1) is 32.0 Å². The minimum Gasteiger partial charge on any atom is -0.469 e. The van der Waals surface area contributed by atoms with Crippen LogP contribution in [0.3, 0.4) is 0 Å². The molecule has 12 nitrogen and oxygen atoms in total. The Bertz CT molecular complexity index is 835. The Hall–Kier alpha value is -2.40. The van der Waals surface area contributed by atoms with E-state index in [1.54, 1.807) is 13.8 Å². The van der Waals surface area contributed by atoms with Crippen LogP contribution < -0.4 is 10.4 Å². The van der Waals surface area contributed by atoms with Crippen molar-refractivity contribution in [3.63, 3.8) is 0 Å². The topological polar surface area (TPSA) is 155 Å². The summed E-state index contributed by atoms with van der Waals surface area (Å²) in [6.45, 7) is 4.71. The van der Waals surface area contributed by atoms with Crippen LogP contribution in [-0.2, 0) is 44.1 Å². The molecule has 0 spiro atoms. The normalized spacial score (nSPS) is 23.4. The van der Waals surface area contributed by atoms with Gasteiger partial charge in [0.1, 0.15) is 12.6 Å². The maximum Gasteiger partial charge on any atom is 0.407 e. The van der Waals surface area contributed by atoms with E-state index in [1.807, 2.05) is 0 Å². The Balaban J connectivity index is 1.94. The van der Waals surface area contributed by atoms with Gasteiger partial charge < -0.3 is 14.8 Å². The summed E-state index contributed by atoms with van der Waals surface area (Å²) < 4.78 is 33.5. The second kappa shape index (κ2) is 10.8. The zero-order valence-corrected chi connectivity index (χ0v) is 18.7. The first-order chi connectivity index (χ1) is 14.6. The van der Waals surface area contributed by atoms with Crippen LogP contribution in [0.5, 0.6) is 0 Å². The van der Waals surface area contributed by atoms with Crippen molar-refractivity contribution in [2.45, 2.75) is 45.9 Å². The number of hydrogen-bond acceptors (Lipinski definition) is 10. The monoisotopic (exact) mass is 458 g/mol. The summed E-state index contributed by atoms with van der Waals surface area (Å²) in [4.78, 5) is 43.8. The number of ether oxygens (including phenoxy) is 2. The van der Waals surface area contributed by atoms with Crippen molar-refractivity contribution in [1.29, 1.82) is 0 Å². The minimum absolute atomic E-state index is 0.0174. The Labute approximate surface area is 180 Å². The lowest BCUT2D eigenvalue weighted by Gasteiger charge is -2.40. The predicted octanol–water partition coefficient (Wildman–Crippen LogP) is 0.727. The zero-order valence-electron chi connectivity index (χ0n) is 17.8. The molecule has 2 unspecified atom stereocenters. The van der Waals surface area contributed by atoms with Crippen LogP contribution in [0.4, 0.5) is 0 Å². The molecular formula is C18H27N4O8P. The third-order valence-corrected chi connectivity index (χ3v) is 6.00. The standard InChI is InChI=1S/C18H27N4O8P/c1-12(17(25)28-10-13-9-19-7-8-20-13)22-31(26)29-11-18(2,3)15(30-31)16(24)21-6-5-14(23)27-4/h7-9,12,15H,5-6,10-11H2,1-4H3,(H,21,24)(H,22,26)/t12?,15-,31?/m0/s1. The molecule has 13 heteroatoms. The van der Waals surface area contributed by atoms with Crippen LogP contribution in [0.15, 0.2) is 18.6 Å². The maximum atomic E-state index is 13.0. The van der Waals surface area contributed by atoms with Crippen molar-refractivity contribution in [3.8, 4) is 0 Å². The quantitative estimate of drug-likeness (QED) is 0.397. The fourth-order valence-corrected chi connectivity index (χ4v) is 4.49. The molecule has 0 radical (unpaired) electrons. The summed E-state index contributed by atoms with van der Waals surface area (Å²) in [6, 6.07) is -1.05. The molecule has 1 aromatic heterocycles. The SMILES string of the molecule is COC(=O)CCNC(=O)[C@@H]1OP(=O)(NC(C)C(=O)OCc2cnccn2)OCC1(C)C. The van der Waals surface area contributed by atoms with Gasteiger partial charge in [-0.3, -0.25) is 33.4 Å². The molecule has 1 amide bonds. The molecule has 2 rings (SSSR count). The van der Waals surface area contributed by atoms with Crippen LogP contribution in [0.1, 0.15) is 32.9 Å². The van der Waals surface area contributed by atoms with E-state index in [1.165, 1.54) is 32.6 Å². The van der Waals surface area contributed by atoms with Gasteiger partial charge in [-0.25, -0.2) is 9.65 Å². The second-order valence-electron chi connectivity index (χ2n) is 7.52. The highest BCUT2D eigenvalue weighted by atomic mass is 31.2. The fourth-order valence-electron chi connectivity index (χ4n) is 2.56. The van der Waals surface area contributed by atoms with E-state index < -0.39 is 43.2 Å². The average Bonchev–Trinajstić information content (AvgIpc) is 2.74. The number of methoxy groups -OCH3 is 1. The number of carbonyl (C=O) groups excluding carboxylic acids is 3. The molecule has 1 saturated heterocycles. The third-order valence-electron chi connectivity index (χ3n) is 4.34. The summed E-state index contributed by atoms with van der Waals surface area (Å²) in [7, 11) is -2.75. The van der Waals surface area contributed by atoms with Gasteiger partial charge in [-0.05, 0) is 6.92 Å². The number of amides is 1. The smallest absolute Gasteiger partial charge is 0.407 e. The summed E-state index contributed by atoms with van der Waals surface area (Å²) in [6.07, 6.45) is 3.25. The van der Waals surface area contributed by atoms with Gasteiger partial charge in [0.2, 0.25) is 5.91 Å². The molecule has 2 heterocycles. The molecule has 3 atom stereocenters. The van der Waals surface area contributed by atoms with Gasteiger partial charge in [-0.15, -0.1) is 0 Å². The first kappa shape index (κ1) is 24.9. The summed E-state index contributed by atoms with van der Waals surface area (Å²) in [5.74, 6) is -1.75. The number of hydrogen-bond donors (Lipinski definition) is 2. The first-order valence-corrected chi connectivity index (χ1v) is 11.1. The number of aromatic nitrogens is 2. The maximum absolute atomic E-state index is 13.0. The highest BCUT2D eigenvalue weighted by molar-refractivity contribution is 7.51. The van der Waals surface area contributed by atoms with Crippen molar-refractivity contribution >= 4 is 25.6 Å². The minimum atomic E-state index is -4.00. The van der Waals surface area contributed by atoms with Crippen molar-refractivity contribution in [1.82, 2.24) is 20.4 Å². The van der Waals surface area contributed by atoms with E-state index >= 15 is 0 Å². The van der Waals surface area contributed by atoms with Gasteiger partial charge in [0.25, 0.3) is 0 Å². The number of nitrogens with one attached hydrogen (secondary N) is 2. The molecule has 1 aliphatic rings. The molecule has 0 saturated carbocycles. The van der Waals surface area contributed by atoms with E-state index in [0.29, 0.717) is 5.69 Å². The van der Waals surface area contributed by atoms with Crippen LogP contribution in [-0.4, -0.2) is 60.2 Å². The molecule has 2 N–H and O–H groups in total. The van der Waals surface area contributed by atoms with E-state index in [2.05, 4.69) is 25.1 Å². The lowest BCUT2D eigenvalue weighted by molar-refractivity contribution is -0.147. The van der Waals surface area contributed by atoms with Crippen molar-refractivity contribution in [2.24, 2.45) is 5.41 Å². The molecule has 0 aliphatic carbocycles. The molecule has 1 aliphatic heterocycles. The largest absolute Gasteiger partial charge is 0.469 e. The van der Waals surface area contributed by atoms with Gasteiger partial charge in [0.15, 0.2) is 6.10 Å². The van der Waals surface area contributed by atoms with Gasteiger partial charge in [-0.2, -0.15) is 0 Å². The molecule has 0 aromatic carbocycles. The average molecular weight is 458 g/mol. The molecule has 1 aromatic rings. The number of carbonyl (C=O) groups is 3. The van der Waals surface area contributed by atoms with E-state index in [9.17, 15) is 18.9 Å². The van der Waals surface area contributed by atoms with E-state index in [4.69, 9.17) is 13.8 Å². The summed E-state index contributed by atoms with van der Waals surface area (Å²) in [5.41, 5.74) is -0.356. The molecule has 1 fully saturated rings. The lowest BCUT2D eigenvalue weighted by atomic mass is 9.87. The lowest BCUT2D eigenvalue weighted by Crippen LogP contribution is -2.51. The molecule has 0 bridgehead atoms. The molecule has 172 valence electrons. The third kappa shape index (κ3) is 7.35. The fraction of sp³-hybridized carbons (Fsp3) is 0.611. The molecular weight excluding hydrogens is 431 g/mol. The summed E-state index contributed by atoms with van der Waals surface area (Å²) >= 11 is 0. The Morgan fingerprint density at radius 3 is 2.74 bits per heavy atom. The van der Waals surface area contributed by atoms with Gasteiger partial charge in [0, 0.05) is 24.4 Å². The second-order valence-corrected chi connectivity index (χ2v) is 9.24. The van der Waals surface area contributed by atoms with E-state index in [0.717, 1.165) is 0 Å². The highest BCUT2D eigenvalue weighted by Gasteiger charge is 2.49. The number of nitrogens with zero attached hydrogens (tertiary/aromatic N) is 2. The van der Waals surface area contributed by atoms with Crippen LogP contribution >= 0.6 is 7.75 Å². The van der Waals surface area contributed by atoms with Crippen LogP contribution in [0.2, 0.25) is 0 Å². The zero-order chi connectivity index (χ0) is 23.1. The van der Waals surface area contributed by atoms with Crippen LogP contribution in [0, 0.1) is 5.41 Å². The number of esters is 2. The Morgan fingerprint density at radius 1 is 1.35 bits per heavy atom. The number of rotatable bonds is 9. The van der Waals surface area contributed by atoms with E-state index in [-0.39, 0.29) is 26.2 Å². The first-order valence-electron chi connectivity index (χ1n) is 9.53. The van der Waals surface area contributed by atoms with Crippen molar-refractivity contribution in [2.75, 3.05) is 20.3 Å². The summed E-state index contributed by atoms with van der Waals surface area (Å²) in [5, 5.41) is 5.04. The van der Waals surface area contributed by atoms with Gasteiger partial charge in [-0.1, -0.05) is 13.8 Å². The highest BCUT2D eigenvalue weighted by Crippen LogP contribution is 2.53. The van der Waals surface area contributed by atoms with Crippen molar-refractivity contribution < 1.29 is 37.5 Å². The van der Waals surface area contributed by atoms with Gasteiger partial charge >= 0.3 is 19.7 Å². The predicted molar refractivity (Wildman–Crippen MR) is 106 cm³/mol. The van der Waals surface area contributed by atoms with Crippen LogP contribution in [0.25, 0.3) is 0 Å². The Kier molecular flexibility index (Phi) is 8.63.